The number of benzene rings is 3. The molecule has 3 aromatic carbocycles. The summed E-state index contributed by atoms with van der Waals surface area (Å²) < 4.78 is 11.1. The zero-order valence-electron chi connectivity index (χ0n) is 19.3. The molecule has 2 aliphatic rings. The summed E-state index contributed by atoms with van der Waals surface area (Å²) in [5.41, 5.74) is -0.914. The topological polar surface area (TPSA) is 152 Å². The van der Waals surface area contributed by atoms with Gasteiger partial charge in [-0.25, -0.2) is 4.79 Å². The Labute approximate surface area is 205 Å². The Morgan fingerprint density at radius 3 is 2.42 bits per heavy atom. The molecule has 1 aliphatic carbocycles. The molecule has 36 heavy (non-hydrogen) atoms. The first-order valence-corrected chi connectivity index (χ1v) is 12.0. The molecular formula is C27H27NO8. The van der Waals surface area contributed by atoms with Crippen LogP contribution in [0.5, 0.6) is 5.75 Å². The van der Waals surface area contributed by atoms with E-state index in [1.54, 1.807) is 0 Å². The minimum absolute atomic E-state index is 0.0682. The van der Waals surface area contributed by atoms with E-state index in [4.69, 9.17) is 9.47 Å². The molecule has 1 saturated heterocycles. The molecule has 2 fully saturated rings. The van der Waals surface area contributed by atoms with Gasteiger partial charge >= 0.3 is 5.97 Å². The van der Waals surface area contributed by atoms with E-state index in [2.05, 4.69) is 4.98 Å². The maximum atomic E-state index is 13.2. The van der Waals surface area contributed by atoms with Gasteiger partial charge in [-0.2, -0.15) is 0 Å². The third kappa shape index (κ3) is 3.28. The highest BCUT2D eigenvalue weighted by molar-refractivity contribution is 6.14. The average molecular weight is 494 g/mol. The van der Waals surface area contributed by atoms with Crippen LogP contribution in [0, 0.1) is 0 Å². The van der Waals surface area contributed by atoms with Gasteiger partial charge in [-0.3, -0.25) is 0 Å². The molecule has 0 amide bonds. The minimum atomic E-state index is -2.52. The smallest absolute Gasteiger partial charge is 0.343 e. The third-order valence-electron chi connectivity index (χ3n) is 7.70. The molecular weight excluding hydrogens is 466 g/mol. The van der Waals surface area contributed by atoms with E-state index < -0.39 is 42.3 Å². The summed E-state index contributed by atoms with van der Waals surface area (Å²) in [7, 11) is 0. The Morgan fingerprint density at radius 2 is 1.72 bits per heavy atom. The quantitative estimate of drug-likeness (QED) is 0.186. The van der Waals surface area contributed by atoms with Crippen molar-refractivity contribution in [1.82, 2.24) is 4.98 Å². The van der Waals surface area contributed by atoms with Crippen LogP contribution in [0.1, 0.15) is 31.4 Å². The molecule has 1 aliphatic heterocycles. The SMILES string of the molecule is O=C(Oc1c(CO)[nH]c2ccc3cc4ccccc4cc3c12)[C@@H]1O[C@@](O)(C2(O)CCCC2)[C@H](O)[C@H]1O. The fraction of sp³-hybridized carbons (Fsp3) is 0.370. The van der Waals surface area contributed by atoms with Crippen LogP contribution in [0.4, 0.5) is 0 Å². The standard InChI is InChI=1S/C27H27NO8/c29-13-19-22(20-17-12-15-6-2-1-5-14(15)11-16(17)7-8-18(20)28-19)35-25(32)23-21(30)24(31)27(34,36-23)26(33)9-3-4-10-26/h1-2,5-8,11-12,21,23-24,28-31,33-34H,3-4,9-10,13H2/t21-,23+,24+,27+/m0/s1. The van der Waals surface area contributed by atoms with E-state index >= 15 is 0 Å². The van der Waals surface area contributed by atoms with E-state index in [0.717, 1.165) is 21.5 Å². The predicted octanol–water partition coefficient (Wildman–Crippen LogP) is 1.99. The van der Waals surface area contributed by atoms with Crippen LogP contribution in [0.3, 0.4) is 0 Å². The highest BCUT2D eigenvalue weighted by atomic mass is 16.7. The number of H-pyrrole nitrogens is 1. The number of carbonyl (C=O) groups excluding carboxylic acids is 1. The van der Waals surface area contributed by atoms with Gasteiger partial charge in [0.05, 0.1) is 23.2 Å². The van der Waals surface area contributed by atoms with Crippen LogP contribution in [-0.2, 0) is 16.1 Å². The number of aromatic amines is 1. The normalized spacial score (nSPS) is 27.9. The number of aromatic nitrogens is 1. The van der Waals surface area contributed by atoms with Gasteiger partial charge in [0.15, 0.2) is 11.9 Å². The second kappa shape index (κ2) is 8.24. The Hall–Kier alpha value is -3.05. The highest BCUT2D eigenvalue weighted by Gasteiger charge is 2.66. The van der Waals surface area contributed by atoms with Crippen molar-refractivity contribution in [2.45, 2.75) is 62.0 Å². The molecule has 1 aromatic heterocycles. The van der Waals surface area contributed by atoms with Crippen molar-refractivity contribution < 1.29 is 39.8 Å². The van der Waals surface area contributed by atoms with Crippen molar-refractivity contribution in [1.29, 1.82) is 0 Å². The van der Waals surface area contributed by atoms with Crippen LogP contribution >= 0.6 is 0 Å². The number of hydrogen-bond acceptors (Lipinski definition) is 8. The summed E-state index contributed by atoms with van der Waals surface area (Å²) >= 11 is 0. The van der Waals surface area contributed by atoms with Crippen molar-refractivity contribution in [3.8, 4) is 5.75 Å². The molecule has 0 spiro atoms. The maximum Gasteiger partial charge on any atom is 0.343 e. The summed E-state index contributed by atoms with van der Waals surface area (Å²) in [6, 6.07) is 15.6. The van der Waals surface area contributed by atoms with Gasteiger partial charge in [-0.05, 0) is 52.6 Å². The highest BCUT2D eigenvalue weighted by Crippen LogP contribution is 2.46. The molecule has 2 heterocycles. The molecule has 6 N–H and O–H groups in total. The van der Waals surface area contributed by atoms with Gasteiger partial charge in [-0.1, -0.05) is 43.2 Å². The summed E-state index contributed by atoms with van der Waals surface area (Å²) in [5, 5.41) is 57.3. The number of esters is 1. The van der Waals surface area contributed by atoms with Crippen LogP contribution in [0.2, 0.25) is 0 Å². The second-order valence-electron chi connectivity index (χ2n) is 9.83. The number of fused-ring (bicyclic) bond motifs is 4. The number of hydrogen-bond donors (Lipinski definition) is 6. The summed E-state index contributed by atoms with van der Waals surface area (Å²) in [6.45, 7) is -0.452. The Morgan fingerprint density at radius 1 is 1.03 bits per heavy atom. The lowest BCUT2D eigenvalue weighted by Crippen LogP contribution is -2.60. The average Bonchev–Trinajstić information content (AvgIpc) is 3.55. The maximum absolute atomic E-state index is 13.2. The number of rotatable bonds is 4. The minimum Gasteiger partial charge on any atom is -0.422 e. The van der Waals surface area contributed by atoms with Crippen LogP contribution in [0.25, 0.3) is 32.4 Å². The molecule has 9 nitrogen and oxygen atoms in total. The Bertz CT molecular complexity index is 1490. The van der Waals surface area contributed by atoms with E-state index in [1.165, 1.54) is 0 Å². The molecule has 188 valence electrons. The van der Waals surface area contributed by atoms with Crippen LogP contribution < -0.4 is 4.74 Å². The molecule has 4 aromatic rings. The zero-order valence-corrected chi connectivity index (χ0v) is 19.3. The summed E-state index contributed by atoms with van der Waals surface area (Å²) in [4.78, 5) is 16.3. The van der Waals surface area contributed by atoms with Gasteiger partial charge in [0.2, 0.25) is 5.79 Å². The second-order valence-corrected chi connectivity index (χ2v) is 9.83. The van der Waals surface area contributed by atoms with Gasteiger partial charge in [0, 0.05) is 0 Å². The fourth-order valence-corrected chi connectivity index (χ4v) is 5.74. The lowest BCUT2D eigenvalue weighted by Gasteiger charge is -2.39. The third-order valence-corrected chi connectivity index (χ3v) is 7.70. The first kappa shape index (κ1) is 23.4. The van der Waals surface area contributed by atoms with Crippen molar-refractivity contribution in [3.05, 3.63) is 54.2 Å². The van der Waals surface area contributed by atoms with E-state index in [9.17, 15) is 30.3 Å². The lowest BCUT2D eigenvalue weighted by atomic mass is 9.86. The zero-order chi connectivity index (χ0) is 25.2. The molecule has 0 unspecified atom stereocenters. The van der Waals surface area contributed by atoms with Crippen molar-refractivity contribution in [2.75, 3.05) is 0 Å². The number of aliphatic hydroxyl groups is 5. The molecule has 0 radical (unpaired) electrons. The molecule has 4 atom stereocenters. The molecule has 9 heteroatoms. The molecule has 0 bridgehead atoms. The first-order valence-electron chi connectivity index (χ1n) is 12.0. The molecule has 6 rings (SSSR count). The monoisotopic (exact) mass is 493 g/mol. The largest absolute Gasteiger partial charge is 0.422 e. The number of ether oxygens (including phenoxy) is 2. The summed E-state index contributed by atoms with van der Waals surface area (Å²) in [6.07, 6.45) is -3.95. The lowest BCUT2D eigenvalue weighted by molar-refractivity contribution is -0.313. The number of nitrogens with one attached hydrogen (secondary N) is 1. The van der Waals surface area contributed by atoms with E-state index in [-0.39, 0.29) is 24.3 Å². The number of aliphatic hydroxyl groups excluding tert-OH is 3. The van der Waals surface area contributed by atoms with E-state index in [1.807, 2.05) is 48.5 Å². The molecule has 1 saturated carbocycles. The van der Waals surface area contributed by atoms with Crippen molar-refractivity contribution >= 4 is 38.4 Å². The van der Waals surface area contributed by atoms with Crippen molar-refractivity contribution in [3.63, 3.8) is 0 Å². The van der Waals surface area contributed by atoms with Crippen molar-refractivity contribution in [2.24, 2.45) is 0 Å². The van der Waals surface area contributed by atoms with E-state index in [0.29, 0.717) is 23.7 Å². The number of carbonyl (C=O) groups is 1. The first-order chi connectivity index (χ1) is 17.3. The van der Waals surface area contributed by atoms with Gasteiger partial charge in [-0.15, -0.1) is 0 Å². The van der Waals surface area contributed by atoms with Gasteiger partial charge in [0.25, 0.3) is 0 Å². The fourth-order valence-electron chi connectivity index (χ4n) is 5.74. The Balaban J connectivity index is 1.41. The van der Waals surface area contributed by atoms with Gasteiger partial charge in [0.1, 0.15) is 17.8 Å². The predicted molar refractivity (Wildman–Crippen MR) is 130 cm³/mol. The Kier molecular flexibility index (Phi) is 5.34. The van der Waals surface area contributed by atoms with Gasteiger partial charge < -0.3 is 40.0 Å². The summed E-state index contributed by atoms with van der Waals surface area (Å²) in [5.74, 6) is -3.51. The van der Waals surface area contributed by atoms with Crippen LogP contribution in [0.15, 0.2) is 48.5 Å². The van der Waals surface area contributed by atoms with Crippen LogP contribution in [-0.4, -0.2) is 66.2 Å².